The first kappa shape index (κ1) is 39.5. The molecule has 4 N–H and O–H groups in total. The van der Waals surface area contributed by atoms with Gasteiger partial charge in [0, 0.05) is 13.7 Å². The van der Waals surface area contributed by atoms with Gasteiger partial charge in [-0.25, -0.2) is 0 Å². The molecule has 4 nitrogen and oxygen atoms in total. The van der Waals surface area contributed by atoms with Crippen molar-refractivity contribution >= 4 is 0 Å². The van der Waals surface area contributed by atoms with Crippen molar-refractivity contribution in [3.05, 3.63) is 18.9 Å². The molecule has 0 aromatic heterocycles. The van der Waals surface area contributed by atoms with Crippen LogP contribution >= 0.6 is 0 Å². The van der Waals surface area contributed by atoms with E-state index >= 15 is 0 Å². The van der Waals surface area contributed by atoms with Gasteiger partial charge in [-0.3, -0.25) is 0 Å². The fourth-order valence-corrected chi connectivity index (χ4v) is 0. The Labute approximate surface area is 87.5 Å². The van der Waals surface area contributed by atoms with E-state index in [9.17, 15) is 0 Å². The van der Waals surface area contributed by atoms with Crippen molar-refractivity contribution in [3.63, 3.8) is 0 Å². The molecule has 0 aliphatic rings. The average Bonchev–Trinajstić information content (AvgIpc) is 2.14. The molecule has 0 saturated heterocycles. The Morgan fingerprint density at radius 3 is 1.08 bits per heavy atom. The first-order valence-electron chi connectivity index (χ1n) is 2.97. The first-order valence-corrected chi connectivity index (χ1v) is 2.97. The molecule has 0 rings (SSSR count). The smallest absolute Gasteiger partial charge is 0.680 e. The van der Waals surface area contributed by atoms with Gasteiger partial charge in [0.05, 0.1) is 0 Å². The van der Waals surface area contributed by atoms with Gasteiger partial charge in [-0.15, -0.1) is 0 Å². The van der Waals surface area contributed by atoms with E-state index in [2.05, 4.69) is 0 Å². The van der Waals surface area contributed by atoms with Gasteiger partial charge >= 0.3 is 16.8 Å². The number of aliphatic hydroxyl groups is 2. The van der Waals surface area contributed by atoms with Crippen LogP contribution < -0.4 is 0 Å². The maximum atomic E-state index is 7.88. The van der Waals surface area contributed by atoms with Crippen molar-refractivity contribution in [1.82, 2.24) is 0 Å². The van der Waals surface area contributed by atoms with Gasteiger partial charge in [-0.05, 0) is 6.42 Å². The molecule has 0 aliphatic heterocycles. The zero-order valence-corrected chi connectivity index (χ0v) is 9.68. The fourth-order valence-electron chi connectivity index (χ4n) is 0. The van der Waals surface area contributed by atoms with Gasteiger partial charge in [0.25, 0.3) is 0 Å². The minimum absolute atomic E-state index is 0. The summed E-state index contributed by atoms with van der Waals surface area (Å²) in [5.41, 5.74) is 11.5. The Morgan fingerprint density at radius 2 is 1.08 bits per heavy atom. The Hall–Kier alpha value is 0.346. The van der Waals surface area contributed by atoms with Crippen molar-refractivity contribution in [1.29, 1.82) is 0 Å². The van der Waals surface area contributed by atoms with Crippen LogP contribution in [-0.2, 0) is 16.8 Å². The molecule has 0 fully saturated rings. The number of aliphatic hydroxyl groups excluding tert-OH is 2. The summed E-state index contributed by atoms with van der Waals surface area (Å²) in [6, 6.07) is 0. The standard InChI is InChI=1S/C3H8O.2CH4N.CH4O.CH3.Co/c1-2-3-4;3*1-2;;/h4H,2-3H2,1H3;3*2H,1H3;1H3;/q;2*-1;;-1;+3. The number of nitrogens with one attached hydrogen (secondary N) is 2. The third-order valence-corrected chi connectivity index (χ3v) is 0.224. The molecule has 0 saturated carbocycles. The zero-order chi connectivity index (χ0) is 9.41. The molecule has 82 valence electrons. The van der Waals surface area contributed by atoms with Crippen molar-refractivity contribution in [2.45, 2.75) is 13.3 Å². The number of hydrogen-bond acceptors (Lipinski definition) is 2. The SMILES string of the molecule is CCCO.CO.C[NH-].C[NH-].[CH3-].[Co+3]. The van der Waals surface area contributed by atoms with Crippen LogP contribution in [0.25, 0.3) is 11.5 Å². The van der Waals surface area contributed by atoms with E-state index in [1.807, 2.05) is 6.92 Å². The van der Waals surface area contributed by atoms with Crippen LogP contribution in [0.4, 0.5) is 0 Å². The Morgan fingerprint density at radius 1 is 1.00 bits per heavy atom. The summed E-state index contributed by atoms with van der Waals surface area (Å²) in [7, 11) is 3.50. The quantitative estimate of drug-likeness (QED) is 0.667. The molecule has 0 spiro atoms. The van der Waals surface area contributed by atoms with Crippen molar-refractivity contribution in [3.8, 4) is 0 Å². The van der Waals surface area contributed by atoms with Crippen LogP contribution in [0, 0.1) is 7.43 Å². The van der Waals surface area contributed by atoms with Crippen LogP contribution in [0.5, 0.6) is 0 Å². The van der Waals surface area contributed by atoms with Crippen LogP contribution in [0.1, 0.15) is 13.3 Å². The molecule has 0 atom stereocenters. The van der Waals surface area contributed by atoms with Crippen molar-refractivity contribution in [2.24, 2.45) is 0 Å². The van der Waals surface area contributed by atoms with Crippen molar-refractivity contribution in [2.75, 3.05) is 27.8 Å². The van der Waals surface area contributed by atoms with E-state index in [4.69, 9.17) is 21.7 Å². The third-order valence-electron chi connectivity index (χ3n) is 0.224. The van der Waals surface area contributed by atoms with E-state index in [0.29, 0.717) is 6.61 Å². The molecule has 0 amide bonds. The van der Waals surface area contributed by atoms with Gasteiger partial charge < -0.3 is 29.1 Å². The van der Waals surface area contributed by atoms with E-state index in [-0.39, 0.29) is 24.2 Å². The second-order valence-electron chi connectivity index (χ2n) is 0.724. The Bertz CT molecular complexity index is 21.4. The first-order chi connectivity index (χ1) is 4.91. The van der Waals surface area contributed by atoms with Gasteiger partial charge in [-0.1, -0.05) is 6.92 Å². The van der Waals surface area contributed by atoms with Gasteiger partial charge in [0.1, 0.15) is 0 Å². The van der Waals surface area contributed by atoms with Crippen LogP contribution in [0.15, 0.2) is 0 Å². The zero-order valence-electron chi connectivity index (χ0n) is 8.64. The van der Waals surface area contributed by atoms with Gasteiger partial charge in [-0.2, -0.15) is 14.1 Å². The molecular formula is C7H23CoN2O2. The van der Waals surface area contributed by atoms with E-state index in [0.717, 1.165) is 13.5 Å². The predicted octanol–water partition coefficient (Wildman–Crippen LogP) is 1.78. The fraction of sp³-hybridized carbons (Fsp3) is 0.857. The Balaban J connectivity index is -0.0000000101. The molecule has 0 aliphatic carbocycles. The number of hydrogen-bond donors (Lipinski definition) is 2. The van der Waals surface area contributed by atoms with Crippen LogP contribution in [0.2, 0.25) is 0 Å². The predicted molar refractivity (Wildman–Crippen MR) is 52.4 cm³/mol. The molecular weight excluding hydrogens is 203 g/mol. The summed E-state index contributed by atoms with van der Waals surface area (Å²) in [4.78, 5) is 0. The van der Waals surface area contributed by atoms with Gasteiger partial charge in [0.2, 0.25) is 0 Å². The Kier molecular flexibility index (Phi) is 725. The summed E-state index contributed by atoms with van der Waals surface area (Å²) in [5.74, 6) is 0. The molecule has 0 radical (unpaired) electrons. The molecule has 5 heteroatoms. The largest absolute Gasteiger partial charge is 3.00 e. The average molecular weight is 226 g/mol. The van der Waals surface area contributed by atoms with E-state index < -0.39 is 0 Å². The normalized spacial score (nSPS) is 4.00. The van der Waals surface area contributed by atoms with E-state index in [1.54, 1.807) is 0 Å². The summed E-state index contributed by atoms with van der Waals surface area (Å²) in [5, 5.41) is 14.9. The summed E-state index contributed by atoms with van der Waals surface area (Å²) >= 11 is 0. The van der Waals surface area contributed by atoms with Crippen LogP contribution in [-0.4, -0.2) is 38.0 Å². The summed E-state index contributed by atoms with van der Waals surface area (Å²) in [6.45, 7) is 2.25. The number of rotatable bonds is 1. The maximum Gasteiger partial charge on any atom is 3.00 e. The van der Waals surface area contributed by atoms with E-state index in [1.165, 1.54) is 14.1 Å². The maximum absolute atomic E-state index is 7.88. The molecule has 12 heavy (non-hydrogen) atoms. The second-order valence-corrected chi connectivity index (χ2v) is 0.724. The van der Waals surface area contributed by atoms with Gasteiger partial charge in [0.15, 0.2) is 0 Å². The molecule has 0 aromatic rings. The molecule has 0 bridgehead atoms. The summed E-state index contributed by atoms with van der Waals surface area (Å²) < 4.78 is 0. The third kappa shape index (κ3) is 499. The molecule has 0 heterocycles. The van der Waals surface area contributed by atoms with Crippen molar-refractivity contribution < 1.29 is 27.0 Å². The molecule has 0 unspecified atom stereocenters. The minimum atomic E-state index is 0. The minimum Gasteiger partial charge on any atom is -0.680 e. The molecule has 0 aromatic carbocycles. The summed E-state index contributed by atoms with van der Waals surface area (Å²) in [6.07, 6.45) is 0.875. The monoisotopic (exact) mass is 226 g/mol. The topological polar surface area (TPSA) is 88.1 Å². The van der Waals surface area contributed by atoms with Crippen LogP contribution in [0.3, 0.4) is 0 Å². The second kappa shape index (κ2) is 221.